The molecule has 6 N–H and O–H groups in total. The number of benzene rings is 2. The van der Waals surface area contributed by atoms with Gasteiger partial charge in [0.2, 0.25) is 11.7 Å². The number of hydrogen-bond donors (Lipinski definition) is 6. The van der Waals surface area contributed by atoms with E-state index in [0.29, 0.717) is 5.56 Å². The number of phenolic OH excluding ortho intramolecular Hbond substituents is 4. The van der Waals surface area contributed by atoms with Crippen LogP contribution in [0.1, 0.15) is 5.56 Å². The van der Waals surface area contributed by atoms with Gasteiger partial charge in [-0.1, -0.05) is 12.1 Å². The number of aliphatic hydroxyl groups is 1. The van der Waals surface area contributed by atoms with E-state index >= 15 is 0 Å². The van der Waals surface area contributed by atoms with Gasteiger partial charge in [0, 0.05) is 6.08 Å². The number of phenols is 4. The van der Waals surface area contributed by atoms with E-state index in [1.54, 1.807) is 0 Å². The fourth-order valence-electron chi connectivity index (χ4n) is 2.07. The summed E-state index contributed by atoms with van der Waals surface area (Å²) in [4.78, 5) is 23.1. The summed E-state index contributed by atoms with van der Waals surface area (Å²) in [7, 11) is 0. The van der Waals surface area contributed by atoms with Gasteiger partial charge in [0.15, 0.2) is 34.9 Å². The second kappa shape index (κ2) is 8.78. The Balaban J connectivity index is 1.92. The van der Waals surface area contributed by atoms with Crippen LogP contribution >= 0.6 is 0 Å². The topological polar surface area (TPSA) is 157 Å². The third-order valence-corrected chi connectivity index (χ3v) is 3.67. The number of hydrogen-bond acceptors (Lipinski definition) is 8. The molecule has 0 aliphatic rings. The predicted molar refractivity (Wildman–Crippen MR) is 98.1 cm³/mol. The fraction of sp³-hybridized carbons (Fsp3) is 0.158. The Morgan fingerprint density at radius 2 is 1.82 bits per heavy atom. The molecule has 0 unspecified atom stereocenters. The van der Waals surface area contributed by atoms with E-state index in [4.69, 9.17) is 4.74 Å². The van der Waals surface area contributed by atoms with E-state index in [9.17, 15) is 35.1 Å². The molecule has 0 aromatic heterocycles. The molecule has 9 heteroatoms. The summed E-state index contributed by atoms with van der Waals surface area (Å²) in [6.07, 6.45) is 2.66. The summed E-state index contributed by atoms with van der Waals surface area (Å²) in [6, 6.07) is 7.93. The Kier molecular flexibility index (Phi) is 6.46. The lowest BCUT2D eigenvalue weighted by atomic mass is 10.1. The SMILES string of the molecule is O=C[C@@](O)(CNC(=O)/C=C/c1ccc(O)c(O)c1)COc1cccc(O)c1O. The third-order valence-electron chi connectivity index (χ3n) is 3.67. The number of carbonyl (C=O) groups is 2. The van der Waals surface area contributed by atoms with Crippen LogP contribution < -0.4 is 10.1 Å². The number of para-hydroxylation sites is 1. The first kappa shape index (κ1) is 20.6. The molecule has 0 aliphatic carbocycles. The van der Waals surface area contributed by atoms with Crippen molar-refractivity contribution in [3.8, 4) is 28.7 Å². The van der Waals surface area contributed by atoms with Crippen molar-refractivity contribution in [2.24, 2.45) is 0 Å². The van der Waals surface area contributed by atoms with Gasteiger partial charge < -0.3 is 35.6 Å². The monoisotopic (exact) mass is 389 g/mol. The molecule has 0 spiro atoms. The maximum Gasteiger partial charge on any atom is 0.244 e. The Morgan fingerprint density at radius 3 is 2.50 bits per heavy atom. The first-order valence-electron chi connectivity index (χ1n) is 8.04. The van der Waals surface area contributed by atoms with Crippen LogP contribution in [0, 0.1) is 0 Å². The van der Waals surface area contributed by atoms with Gasteiger partial charge >= 0.3 is 0 Å². The summed E-state index contributed by atoms with van der Waals surface area (Å²) in [5.74, 6) is -2.38. The Morgan fingerprint density at radius 1 is 1.07 bits per heavy atom. The van der Waals surface area contributed by atoms with E-state index in [-0.39, 0.29) is 23.5 Å². The van der Waals surface area contributed by atoms with E-state index in [2.05, 4.69) is 5.32 Å². The molecule has 1 amide bonds. The molecular weight excluding hydrogens is 370 g/mol. The van der Waals surface area contributed by atoms with Crippen LogP contribution in [-0.4, -0.2) is 56.5 Å². The second-order valence-corrected chi connectivity index (χ2v) is 5.93. The van der Waals surface area contributed by atoms with Crippen molar-refractivity contribution >= 4 is 18.3 Å². The van der Waals surface area contributed by atoms with Crippen LogP contribution in [-0.2, 0) is 9.59 Å². The molecule has 2 aromatic rings. The molecule has 0 radical (unpaired) electrons. The molecule has 0 fully saturated rings. The molecule has 0 bridgehead atoms. The highest BCUT2D eigenvalue weighted by molar-refractivity contribution is 5.92. The van der Waals surface area contributed by atoms with Crippen molar-refractivity contribution in [2.45, 2.75) is 5.60 Å². The van der Waals surface area contributed by atoms with Crippen molar-refractivity contribution in [3.63, 3.8) is 0 Å². The maximum atomic E-state index is 11.9. The summed E-state index contributed by atoms with van der Waals surface area (Å²) >= 11 is 0. The van der Waals surface area contributed by atoms with Crippen LogP contribution in [0.2, 0.25) is 0 Å². The van der Waals surface area contributed by atoms with Crippen LogP contribution in [0.15, 0.2) is 42.5 Å². The van der Waals surface area contributed by atoms with Gasteiger partial charge in [0.1, 0.15) is 6.61 Å². The minimum atomic E-state index is -2.07. The number of aromatic hydroxyl groups is 4. The average molecular weight is 389 g/mol. The summed E-state index contributed by atoms with van der Waals surface area (Å²) < 4.78 is 5.15. The molecule has 9 nitrogen and oxygen atoms in total. The zero-order valence-electron chi connectivity index (χ0n) is 14.6. The van der Waals surface area contributed by atoms with Gasteiger partial charge in [-0.2, -0.15) is 0 Å². The average Bonchev–Trinajstić information content (AvgIpc) is 2.68. The maximum absolute atomic E-state index is 11.9. The molecule has 0 aliphatic heterocycles. The van der Waals surface area contributed by atoms with Gasteiger partial charge in [-0.15, -0.1) is 0 Å². The fourth-order valence-corrected chi connectivity index (χ4v) is 2.07. The molecule has 28 heavy (non-hydrogen) atoms. The van der Waals surface area contributed by atoms with Gasteiger partial charge in [0.05, 0.1) is 6.54 Å². The number of rotatable bonds is 8. The molecule has 148 valence electrons. The van der Waals surface area contributed by atoms with Crippen molar-refractivity contribution in [3.05, 3.63) is 48.0 Å². The standard InChI is InChI=1S/C19H19NO8/c21-10-19(27,11-28-16-3-1-2-14(23)18(16)26)9-20-17(25)7-5-12-4-6-13(22)15(24)8-12/h1-8,10,22-24,26-27H,9,11H2,(H,20,25)/b7-5+/t19-/m0/s1. The van der Waals surface area contributed by atoms with Crippen molar-refractivity contribution in [1.82, 2.24) is 5.32 Å². The smallest absolute Gasteiger partial charge is 0.244 e. The number of nitrogens with one attached hydrogen (secondary N) is 1. The molecule has 2 rings (SSSR count). The Bertz CT molecular complexity index is 895. The zero-order chi connectivity index (χ0) is 20.7. The van der Waals surface area contributed by atoms with E-state index in [1.165, 1.54) is 42.5 Å². The lowest BCUT2D eigenvalue weighted by Crippen LogP contribution is -2.48. The molecule has 0 saturated carbocycles. The van der Waals surface area contributed by atoms with Crippen molar-refractivity contribution in [1.29, 1.82) is 0 Å². The van der Waals surface area contributed by atoms with Gasteiger partial charge in [-0.05, 0) is 35.9 Å². The van der Waals surface area contributed by atoms with E-state index < -0.39 is 36.2 Å². The van der Waals surface area contributed by atoms with Gasteiger partial charge in [-0.3, -0.25) is 9.59 Å². The van der Waals surface area contributed by atoms with Crippen molar-refractivity contribution < 1.29 is 39.9 Å². The van der Waals surface area contributed by atoms with Gasteiger partial charge in [-0.25, -0.2) is 0 Å². The van der Waals surface area contributed by atoms with E-state index in [0.717, 1.165) is 6.08 Å². The van der Waals surface area contributed by atoms with Gasteiger partial charge in [0.25, 0.3) is 0 Å². The number of carbonyl (C=O) groups excluding carboxylic acids is 2. The predicted octanol–water partition coefficient (Wildman–Crippen LogP) is 0.647. The highest BCUT2D eigenvalue weighted by Gasteiger charge is 2.28. The summed E-state index contributed by atoms with van der Waals surface area (Å²) in [6.45, 7) is -1.05. The molecule has 0 heterocycles. The van der Waals surface area contributed by atoms with Crippen LogP contribution in [0.25, 0.3) is 6.08 Å². The molecule has 2 aromatic carbocycles. The minimum absolute atomic E-state index is 0.140. The van der Waals surface area contributed by atoms with Crippen LogP contribution in [0.5, 0.6) is 28.7 Å². The Labute approximate surface area is 159 Å². The number of ether oxygens (including phenoxy) is 1. The summed E-state index contributed by atoms with van der Waals surface area (Å²) in [5.41, 5.74) is -1.63. The quantitative estimate of drug-likeness (QED) is 0.218. The van der Waals surface area contributed by atoms with Crippen LogP contribution in [0.3, 0.4) is 0 Å². The first-order chi connectivity index (χ1) is 13.2. The first-order valence-corrected chi connectivity index (χ1v) is 8.04. The van der Waals surface area contributed by atoms with Crippen molar-refractivity contribution in [2.75, 3.05) is 13.2 Å². The molecule has 0 saturated heterocycles. The lowest BCUT2D eigenvalue weighted by Gasteiger charge is -2.22. The lowest BCUT2D eigenvalue weighted by molar-refractivity contribution is -0.128. The third kappa shape index (κ3) is 5.39. The molecule has 1 atom stereocenters. The van der Waals surface area contributed by atoms with E-state index in [1.807, 2.05) is 0 Å². The summed E-state index contributed by atoms with van der Waals surface area (Å²) in [5, 5.41) is 50.2. The Hall–Kier alpha value is -3.72. The highest BCUT2D eigenvalue weighted by Crippen LogP contribution is 2.34. The minimum Gasteiger partial charge on any atom is -0.504 e. The number of aldehydes is 1. The number of amides is 1. The highest BCUT2D eigenvalue weighted by atomic mass is 16.5. The second-order valence-electron chi connectivity index (χ2n) is 5.93. The molecular formula is C19H19NO8. The van der Waals surface area contributed by atoms with Crippen LogP contribution in [0.4, 0.5) is 0 Å². The largest absolute Gasteiger partial charge is 0.504 e. The normalized spacial score (nSPS) is 13.0. The zero-order valence-corrected chi connectivity index (χ0v) is 14.6.